The van der Waals surface area contributed by atoms with Crippen LogP contribution in [-0.4, -0.2) is 71.8 Å². The fourth-order valence-electron chi connectivity index (χ4n) is 5.23. The van der Waals surface area contributed by atoms with Crippen LogP contribution in [0.4, 0.5) is 17.3 Å². The van der Waals surface area contributed by atoms with Crippen LogP contribution >= 0.6 is 11.6 Å². The first kappa shape index (κ1) is 27.8. The summed E-state index contributed by atoms with van der Waals surface area (Å²) in [5, 5.41) is 10.3. The summed E-state index contributed by atoms with van der Waals surface area (Å²) in [7, 11) is -3.19. The van der Waals surface area contributed by atoms with Gasteiger partial charge in [0.15, 0.2) is 11.0 Å². The lowest BCUT2D eigenvalue weighted by Gasteiger charge is -2.41. The minimum Gasteiger partial charge on any atom is -0.376 e. The van der Waals surface area contributed by atoms with Crippen molar-refractivity contribution in [3.63, 3.8) is 0 Å². The van der Waals surface area contributed by atoms with E-state index in [4.69, 9.17) is 21.3 Å². The van der Waals surface area contributed by atoms with E-state index in [9.17, 15) is 8.42 Å². The van der Waals surface area contributed by atoms with Gasteiger partial charge in [0.1, 0.15) is 11.6 Å². The lowest BCUT2D eigenvalue weighted by atomic mass is 9.93. The highest BCUT2D eigenvalue weighted by molar-refractivity contribution is 7.88. The van der Waals surface area contributed by atoms with Gasteiger partial charge in [-0.05, 0) is 41.5 Å². The molecule has 2 fully saturated rings. The van der Waals surface area contributed by atoms with E-state index in [0.29, 0.717) is 47.2 Å². The van der Waals surface area contributed by atoms with Gasteiger partial charge in [0.2, 0.25) is 10.0 Å². The summed E-state index contributed by atoms with van der Waals surface area (Å²) in [5.74, 6) is 2.34. The monoisotopic (exact) mass is 596 g/mol. The Morgan fingerprint density at radius 2 is 1.95 bits per heavy atom. The molecule has 0 saturated carbocycles. The number of nitrogens with one attached hydrogen (secondary N) is 2. The van der Waals surface area contributed by atoms with Gasteiger partial charge in [0.25, 0.3) is 0 Å². The zero-order valence-electron chi connectivity index (χ0n) is 23.2. The van der Waals surface area contributed by atoms with E-state index < -0.39 is 10.0 Å². The first-order valence-corrected chi connectivity index (χ1v) is 16.0. The lowest BCUT2D eigenvalue weighted by Crippen LogP contribution is -2.51. The molecule has 2 aliphatic heterocycles. The molecule has 0 aliphatic carbocycles. The topological polar surface area (TPSA) is 127 Å². The van der Waals surface area contributed by atoms with Crippen molar-refractivity contribution in [3.05, 3.63) is 53.6 Å². The van der Waals surface area contributed by atoms with Crippen LogP contribution < -0.4 is 14.9 Å². The molecule has 4 aromatic rings. The van der Waals surface area contributed by atoms with Gasteiger partial charge in [-0.2, -0.15) is 5.10 Å². The molecular weight excluding hydrogens is 564 g/mol. The third-order valence-corrected chi connectivity index (χ3v) is 8.49. The summed E-state index contributed by atoms with van der Waals surface area (Å²) >= 11 is 6.43. The maximum absolute atomic E-state index is 11.5. The first-order chi connectivity index (χ1) is 19.6. The van der Waals surface area contributed by atoms with Crippen LogP contribution in [0.2, 0.25) is 5.15 Å². The highest BCUT2D eigenvalue weighted by Crippen LogP contribution is 2.37. The van der Waals surface area contributed by atoms with Crippen LogP contribution in [0.1, 0.15) is 31.7 Å². The highest BCUT2D eigenvalue weighted by atomic mass is 35.5. The zero-order chi connectivity index (χ0) is 28.7. The van der Waals surface area contributed by atoms with E-state index in [2.05, 4.69) is 62.1 Å². The summed E-state index contributed by atoms with van der Waals surface area (Å²) in [6.45, 7) is 7.81. The van der Waals surface area contributed by atoms with Crippen molar-refractivity contribution in [1.29, 1.82) is 0 Å². The van der Waals surface area contributed by atoms with Crippen LogP contribution in [0.5, 0.6) is 0 Å². The van der Waals surface area contributed by atoms with Gasteiger partial charge in [-0.1, -0.05) is 31.5 Å². The molecule has 1 unspecified atom stereocenters. The van der Waals surface area contributed by atoms with Gasteiger partial charge in [0, 0.05) is 61.8 Å². The Bertz CT molecular complexity index is 1680. The molecule has 41 heavy (non-hydrogen) atoms. The van der Waals surface area contributed by atoms with Crippen molar-refractivity contribution in [1.82, 2.24) is 29.5 Å². The molecule has 2 saturated heterocycles. The fourth-order valence-corrected chi connectivity index (χ4v) is 6.00. The summed E-state index contributed by atoms with van der Waals surface area (Å²) in [5.41, 5.74) is 2.98. The Hall–Kier alpha value is -3.32. The predicted octanol–water partition coefficient (Wildman–Crippen LogP) is 4.18. The molecule has 1 atom stereocenters. The van der Waals surface area contributed by atoms with Gasteiger partial charge >= 0.3 is 0 Å². The van der Waals surface area contributed by atoms with Gasteiger partial charge in [-0.25, -0.2) is 28.1 Å². The second-order valence-electron chi connectivity index (χ2n) is 11.1. The van der Waals surface area contributed by atoms with Crippen LogP contribution in [0.25, 0.3) is 22.2 Å². The fraction of sp³-hybridized carbons (Fsp3) is 0.429. The van der Waals surface area contributed by atoms with Crippen LogP contribution in [0.3, 0.4) is 0 Å². The summed E-state index contributed by atoms with van der Waals surface area (Å²) in [6.07, 6.45) is 7.81. The lowest BCUT2D eigenvalue weighted by molar-refractivity contribution is -0.0608. The minimum atomic E-state index is -3.19. The molecular formula is C28H33ClN8O3S. The standard InChI is InChI=1S/C28H33ClN8O3S/c1-17(2)20-4-5-24(36-13-18(14-36)11-32-41(3,38)39)22-12-31-26(10-21(20)22)33-25-6-8-30-28(34-25)23-16-37(35-27(23)29)15-19-7-9-40-19/h4-6,8,10,12,16-19,32H,7,9,11,13-15H2,1-3H3,(H,30,31,33,34). The summed E-state index contributed by atoms with van der Waals surface area (Å²) < 4.78 is 32.8. The first-order valence-electron chi connectivity index (χ1n) is 13.7. The quantitative estimate of drug-likeness (QED) is 0.277. The third-order valence-electron chi connectivity index (χ3n) is 7.52. The van der Waals surface area contributed by atoms with E-state index in [-0.39, 0.29) is 12.0 Å². The second kappa shape index (κ2) is 11.2. The number of ether oxygens (including phenoxy) is 1. The second-order valence-corrected chi connectivity index (χ2v) is 13.3. The maximum Gasteiger partial charge on any atom is 0.208 e. The molecule has 2 aliphatic rings. The molecule has 0 radical (unpaired) electrons. The molecule has 0 amide bonds. The van der Waals surface area contributed by atoms with E-state index in [1.165, 1.54) is 11.8 Å². The smallest absolute Gasteiger partial charge is 0.208 e. The highest BCUT2D eigenvalue weighted by Gasteiger charge is 2.29. The van der Waals surface area contributed by atoms with Gasteiger partial charge in [0.05, 0.1) is 24.5 Å². The third kappa shape index (κ3) is 6.15. The van der Waals surface area contributed by atoms with Crippen LogP contribution in [0, 0.1) is 5.92 Å². The van der Waals surface area contributed by atoms with Crippen molar-refractivity contribution in [2.24, 2.45) is 5.92 Å². The molecule has 13 heteroatoms. The molecule has 216 valence electrons. The van der Waals surface area contributed by atoms with E-state index in [1.54, 1.807) is 16.9 Å². The number of fused-ring (bicyclic) bond motifs is 1. The van der Waals surface area contributed by atoms with Crippen molar-refractivity contribution in [3.8, 4) is 11.4 Å². The Kier molecular flexibility index (Phi) is 7.58. The molecule has 2 N–H and O–H groups in total. The molecule has 0 spiro atoms. The number of sulfonamides is 1. The number of rotatable bonds is 10. The van der Waals surface area contributed by atoms with Gasteiger partial charge < -0.3 is 15.0 Å². The average molecular weight is 597 g/mol. The number of aromatic nitrogens is 5. The van der Waals surface area contributed by atoms with Crippen LogP contribution in [-0.2, 0) is 21.3 Å². The molecule has 3 aromatic heterocycles. The van der Waals surface area contributed by atoms with Gasteiger partial charge in [-0.3, -0.25) is 4.68 Å². The number of benzene rings is 1. The maximum atomic E-state index is 11.5. The molecule has 1 aromatic carbocycles. The Morgan fingerprint density at radius 1 is 1.15 bits per heavy atom. The molecule has 0 bridgehead atoms. The Morgan fingerprint density at radius 3 is 2.66 bits per heavy atom. The van der Waals surface area contributed by atoms with Gasteiger partial charge in [-0.15, -0.1) is 0 Å². The van der Waals surface area contributed by atoms with E-state index in [0.717, 1.165) is 42.6 Å². The largest absolute Gasteiger partial charge is 0.376 e. The molecule has 6 rings (SSSR count). The number of pyridine rings is 1. The molecule has 5 heterocycles. The number of hydrogen-bond acceptors (Lipinski definition) is 9. The average Bonchev–Trinajstić information content (AvgIpc) is 3.24. The number of halogens is 1. The summed E-state index contributed by atoms with van der Waals surface area (Å²) in [4.78, 5) is 16.1. The normalized spacial score (nSPS) is 17.6. The van der Waals surface area contributed by atoms with Crippen molar-refractivity contribution in [2.75, 3.05) is 42.7 Å². The van der Waals surface area contributed by atoms with Crippen LogP contribution in [0.15, 0.2) is 42.9 Å². The van der Waals surface area contributed by atoms with E-state index in [1.807, 2.05) is 12.4 Å². The van der Waals surface area contributed by atoms with E-state index >= 15 is 0 Å². The Balaban J connectivity index is 1.22. The van der Waals surface area contributed by atoms with Crippen molar-refractivity contribution >= 4 is 49.7 Å². The predicted molar refractivity (Wildman–Crippen MR) is 160 cm³/mol. The van der Waals surface area contributed by atoms with Crippen molar-refractivity contribution < 1.29 is 13.2 Å². The minimum absolute atomic E-state index is 0.169. The summed E-state index contributed by atoms with van der Waals surface area (Å²) in [6, 6.07) is 8.16. The molecule has 11 nitrogen and oxygen atoms in total. The number of hydrogen-bond donors (Lipinski definition) is 2. The zero-order valence-corrected chi connectivity index (χ0v) is 24.8. The SMILES string of the molecule is CC(C)c1ccc(N2CC(CNS(C)(=O)=O)C2)c2cnc(Nc3ccnc(-c4cn(CC5CCO5)nc4Cl)n3)cc12. The van der Waals surface area contributed by atoms with Crippen molar-refractivity contribution in [2.45, 2.75) is 38.8 Å². The Labute approximate surface area is 244 Å². The number of nitrogens with zero attached hydrogens (tertiary/aromatic N) is 6. The number of anilines is 3.